The molecule has 0 saturated heterocycles. The fraction of sp³-hybridized carbons (Fsp3) is 0.150. The Kier molecular flexibility index (Phi) is 5.83. The van der Waals surface area contributed by atoms with E-state index in [4.69, 9.17) is 9.47 Å². The molecule has 0 atom stereocenters. The number of nitrogens with zero attached hydrogens (tertiary/aromatic N) is 2. The van der Waals surface area contributed by atoms with Crippen LogP contribution in [0.4, 0.5) is 0 Å². The largest absolute Gasteiger partial charge is 0.497 e. The standard InChI is InChI=1S/C20H18N2O4S/c1-25-15-9-10-16-17(12-15)27-20(22(16)13-19(24)26-2)21-18(23)11-8-14-6-4-3-5-7-14/h3-12H,13H2,1-2H3. The van der Waals surface area contributed by atoms with Crippen molar-refractivity contribution in [1.29, 1.82) is 0 Å². The van der Waals surface area contributed by atoms with E-state index in [1.807, 2.05) is 42.5 Å². The van der Waals surface area contributed by atoms with Gasteiger partial charge in [-0.15, -0.1) is 0 Å². The first-order valence-electron chi connectivity index (χ1n) is 8.16. The highest BCUT2D eigenvalue weighted by molar-refractivity contribution is 7.16. The van der Waals surface area contributed by atoms with Crippen molar-refractivity contribution >= 4 is 39.5 Å². The number of rotatable bonds is 5. The zero-order valence-corrected chi connectivity index (χ0v) is 15.7. The van der Waals surface area contributed by atoms with E-state index in [1.165, 1.54) is 24.5 Å². The smallest absolute Gasteiger partial charge is 0.325 e. The SMILES string of the molecule is COC(=O)Cn1c(=NC(=O)C=Cc2ccccc2)sc2cc(OC)ccc21. The maximum Gasteiger partial charge on any atom is 0.325 e. The van der Waals surface area contributed by atoms with Crippen molar-refractivity contribution in [1.82, 2.24) is 4.57 Å². The van der Waals surface area contributed by atoms with E-state index in [0.717, 1.165) is 15.8 Å². The van der Waals surface area contributed by atoms with E-state index in [2.05, 4.69) is 4.99 Å². The Morgan fingerprint density at radius 1 is 1.15 bits per heavy atom. The maximum atomic E-state index is 12.3. The number of thiazole rings is 1. The van der Waals surface area contributed by atoms with E-state index in [-0.39, 0.29) is 6.54 Å². The summed E-state index contributed by atoms with van der Waals surface area (Å²) in [5.74, 6) is -0.133. The average molecular weight is 382 g/mol. The van der Waals surface area contributed by atoms with Crippen molar-refractivity contribution in [2.45, 2.75) is 6.54 Å². The van der Waals surface area contributed by atoms with Crippen LogP contribution in [-0.4, -0.2) is 30.7 Å². The molecule has 1 heterocycles. The van der Waals surface area contributed by atoms with Crippen LogP contribution < -0.4 is 9.54 Å². The van der Waals surface area contributed by atoms with Crippen LogP contribution in [0.3, 0.4) is 0 Å². The predicted molar refractivity (Wildman–Crippen MR) is 104 cm³/mol. The Morgan fingerprint density at radius 3 is 2.63 bits per heavy atom. The van der Waals surface area contributed by atoms with Crippen LogP contribution in [0.15, 0.2) is 59.6 Å². The van der Waals surface area contributed by atoms with Crippen LogP contribution >= 0.6 is 11.3 Å². The van der Waals surface area contributed by atoms with Crippen molar-refractivity contribution < 1.29 is 19.1 Å². The number of benzene rings is 2. The van der Waals surface area contributed by atoms with Crippen LogP contribution in [0.2, 0.25) is 0 Å². The lowest BCUT2D eigenvalue weighted by atomic mass is 10.2. The molecule has 0 fully saturated rings. The molecular formula is C20H18N2O4S. The summed E-state index contributed by atoms with van der Waals surface area (Å²) in [7, 11) is 2.91. The first-order chi connectivity index (χ1) is 13.1. The van der Waals surface area contributed by atoms with Crippen molar-refractivity contribution in [3.63, 3.8) is 0 Å². The lowest BCUT2D eigenvalue weighted by Gasteiger charge is -2.04. The Balaban J connectivity index is 2.01. The van der Waals surface area contributed by atoms with Crippen molar-refractivity contribution in [2.75, 3.05) is 14.2 Å². The van der Waals surface area contributed by atoms with Crippen LogP contribution in [0, 0.1) is 0 Å². The molecule has 0 aliphatic carbocycles. The number of esters is 1. The molecule has 2 aromatic carbocycles. The highest BCUT2D eigenvalue weighted by Gasteiger charge is 2.12. The van der Waals surface area contributed by atoms with E-state index in [9.17, 15) is 9.59 Å². The average Bonchev–Trinajstić information content (AvgIpc) is 3.03. The number of amides is 1. The number of carbonyl (C=O) groups excluding carboxylic acids is 2. The number of carbonyl (C=O) groups is 2. The topological polar surface area (TPSA) is 69.9 Å². The van der Waals surface area contributed by atoms with Gasteiger partial charge in [0, 0.05) is 6.08 Å². The molecular weight excluding hydrogens is 364 g/mol. The van der Waals surface area contributed by atoms with E-state index >= 15 is 0 Å². The molecule has 0 aliphatic heterocycles. The van der Waals surface area contributed by atoms with Gasteiger partial charge in [0.1, 0.15) is 12.3 Å². The third-order valence-electron chi connectivity index (χ3n) is 3.83. The normalized spacial score (nSPS) is 11.9. The quantitative estimate of drug-likeness (QED) is 0.502. The van der Waals surface area contributed by atoms with Gasteiger partial charge in [0.2, 0.25) is 0 Å². The fourth-order valence-electron chi connectivity index (χ4n) is 2.48. The summed E-state index contributed by atoms with van der Waals surface area (Å²) < 4.78 is 12.5. The summed E-state index contributed by atoms with van der Waals surface area (Å²) in [6, 6.07) is 15.0. The molecule has 0 unspecified atom stereocenters. The van der Waals surface area contributed by atoms with Crippen LogP contribution in [0.25, 0.3) is 16.3 Å². The zero-order valence-electron chi connectivity index (χ0n) is 14.9. The van der Waals surface area contributed by atoms with Gasteiger partial charge in [-0.3, -0.25) is 9.59 Å². The molecule has 27 heavy (non-hydrogen) atoms. The highest BCUT2D eigenvalue weighted by atomic mass is 32.1. The van der Waals surface area contributed by atoms with E-state index < -0.39 is 11.9 Å². The second kappa shape index (κ2) is 8.46. The fourth-order valence-corrected chi connectivity index (χ4v) is 3.54. The first kappa shape index (κ1) is 18.6. The predicted octanol–water partition coefficient (Wildman–Crippen LogP) is 3.03. The summed E-state index contributed by atoms with van der Waals surface area (Å²) in [5.41, 5.74) is 1.69. The molecule has 0 N–H and O–H groups in total. The van der Waals surface area contributed by atoms with Gasteiger partial charge in [0.05, 0.1) is 24.4 Å². The molecule has 3 rings (SSSR count). The number of aromatic nitrogens is 1. The number of methoxy groups -OCH3 is 2. The summed E-state index contributed by atoms with van der Waals surface area (Å²) in [6.45, 7) is -0.0304. The second-order valence-corrected chi connectivity index (χ2v) is 6.58. The van der Waals surface area contributed by atoms with Gasteiger partial charge in [-0.25, -0.2) is 0 Å². The van der Waals surface area contributed by atoms with Crippen LogP contribution in [0.1, 0.15) is 5.56 Å². The summed E-state index contributed by atoms with van der Waals surface area (Å²) >= 11 is 1.31. The third-order valence-corrected chi connectivity index (χ3v) is 4.87. The molecule has 0 spiro atoms. The summed E-state index contributed by atoms with van der Waals surface area (Å²) in [4.78, 5) is 28.7. The molecule has 138 valence electrons. The van der Waals surface area contributed by atoms with Gasteiger partial charge >= 0.3 is 5.97 Å². The van der Waals surface area contributed by atoms with Gasteiger partial charge < -0.3 is 14.0 Å². The Labute approximate surface area is 160 Å². The molecule has 1 amide bonds. The second-order valence-electron chi connectivity index (χ2n) is 5.57. The Hall–Kier alpha value is -3.19. The minimum Gasteiger partial charge on any atom is -0.497 e. The number of fused-ring (bicyclic) bond motifs is 1. The van der Waals surface area contributed by atoms with Crippen molar-refractivity contribution in [2.24, 2.45) is 4.99 Å². The van der Waals surface area contributed by atoms with Crippen LogP contribution in [-0.2, 0) is 20.9 Å². The molecule has 0 radical (unpaired) electrons. The van der Waals surface area contributed by atoms with Gasteiger partial charge in [0.25, 0.3) is 5.91 Å². The zero-order chi connectivity index (χ0) is 19.2. The maximum absolute atomic E-state index is 12.3. The van der Waals surface area contributed by atoms with Gasteiger partial charge in [-0.1, -0.05) is 41.7 Å². The van der Waals surface area contributed by atoms with Crippen molar-refractivity contribution in [3.8, 4) is 5.75 Å². The van der Waals surface area contributed by atoms with Crippen LogP contribution in [0.5, 0.6) is 5.75 Å². The molecule has 0 aliphatic rings. The molecule has 1 aromatic heterocycles. The molecule has 0 bridgehead atoms. The lowest BCUT2D eigenvalue weighted by molar-refractivity contribution is -0.141. The van der Waals surface area contributed by atoms with E-state index in [1.54, 1.807) is 23.8 Å². The minimum absolute atomic E-state index is 0.0304. The number of hydrogen-bond acceptors (Lipinski definition) is 5. The molecule has 7 heteroatoms. The van der Waals surface area contributed by atoms with Gasteiger partial charge in [-0.05, 0) is 29.8 Å². The molecule has 3 aromatic rings. The monoisotopic (exact) mass is 382 g/mol. The number of hydrogen-bond donors (Lipinski definition) is 0. The Morgan fingerprint density at radius 2 is 1.93 bits per heavy atom. The lowest BCUT2D eigenvalue weighted by Crippen LogP contribution is -2.22. The van der Waals surface area contributed by atoms with Crippen molar-refractivity contribution in [3.05, 3.63) is 65.0 Å². The summed E-state index contributed by atoms with van der Waals surface area (Å²) in [6.07, 6.45) is 3.11. The van der Waals surface area contributed by atoms with Gasteiger partial charge in [0.15, 0.2) is 4.80 Å². The van der Waals surface area contributed by atoms with Gasteiger partial charge in [-0.2, -0.15) is 4.99 Å². The molecule has 6 nitrogen and oxygen atoms in total. The minimum atomic E-state index is -0.417. The molecule has 0 saturated carbocycles. The number of ether oxygens (including phenoxy) is 2. The first-order valence-corrected chi connectivity index (χ1v) is 8.98. The summed E-state index contributed by atoms with van der Waals surface area (Å²) in [5, 5.41) is 0. The third kappa shape index (κ3) is 4.51. The Bertz CT molecular complexity index is 1060. The highest BCUT2D eigenvalue weighted by Crippen LogP contribution is 2.23. The van der Waals surface area contributed by atoms with E-state index in [0.29, 0.717) is 10.6 Å².